The standard InChI is InChI=1S/C15H25N5O4S/c1-7(21)9-10-8(3-2-4-16)12(25-6-5-19-15(17)18)11(14(23)24)20(10)13(9)22/h7-10,21H,2-6,16H2,1H3,(H,23,24)(H4,17,18,19)/t7-,8-,9-,10-/m1/s1. The van der Waals surface area contributed by atoms with Gasteiger partial charge in [0, 0.05) is 23.1 Å². The summed E-state index contributed by atoms with van der Waals surface area (Å²) >= 11 is 1.35. The number of aliphatic hydroxyl groups is 1. The molecular weight excluding hydrogens is 346 g/mol. The van der Waals surface area contributed by atoms with Gasteiger partial charge in [0.25, 0.3) is 0 Å². The maximum Gasteiger partial charge on any atom is 0.353 e. The van der Waals surface area contributed by atoms with Crippen LogP contribution in [0.1, 0.15) is 19.8 Å². The van der Waals surface area contributed by atoms with Crippen LogP contribution in [0, 0.1) is 17.2 Å². The van der Waals surface area contributed by atoms with Gasteiger partial charge in [0.15, 0.2) is 5.96 Å². The minimum Gasteiger partial charge on any atom is -0.477 e. The molecule has 2 rings (SSSR count). The maximum absolute atomic E-state index is 12.4. The number of carbonyl (C=O) groups is 2. The third kappa shape index (κ3) is 3.75. The number of β-lactam (4-membered cyclic amide) rings is 1. The second kappa shape index (κ2) is 8.07. The number of hydrogen-bond acceptors (Lipinski definition) is 6. The van der Waals surface area contributed by atoms with Crippen LogP contribution in [0.3, 0.4) is 0 Å². The quantitative estimate of drug-likeness (QED) is 0.131. The second-order valence-electron chi connectivity index (χ2n) is 6.21. The van der Waals surface area contributed by atoms with Crippen molar-refractivity contribution in [2.24, 2.45) is 23.3 Å². The Morgan fingerprint density at radius 2 is 2.20 bits per heavy atom. The van der Waals surface area contributed by atoms with Crippen molar-refractivity contribution in [3.8, 4) is 0 Å². The summed E-state index contributed by atoms with van der Waals surface area (Å²) in [4.78, 5) is 26.1. The average molecular weight is 371 g/mol. The van der Waals surface area contributed by atoms with Crippen LogP contribution < -0.4 is 16.8 Å². The van der Waals surface area contributed by atoms with Gasteiger partial charge in [-0.2, -0.15) is 0 Å². The Hall–Kier alpha value is -1.78. The predicted octanol–water partition coefficient (Wildman–Crippen LogP) is -0.925. The van der Waals surface area contributed by atoms with E-state index in [-0.39, 0.29) is 29.5 Å². The van der Waals surface area contributed by atoms with Gasteiger partial charge in [-0.25, -0.2) is 4.79 Å². The average Bonchev–Trinajstić information content (AvgIpc) is 2.79. The topological polar surface area (TPSA) is 166 Å². The van der Waals surface area contributed by atoms with Crippen LogP contribution >= 0.6 is 11.8 Å². The molecule has 1 fully saturated rings. The summed E-state index contributed by atoms with van der Waals surface area (Å²) in [6.07, 6.45) is 0.541. The molecule has 2 heterocycles. The van der Waals surface area contributed by atoms with Crippen LogP contribution in [0.5, 0.6) is 0 Å². The highest BCUT2D eigenvalue weighted by molar-refractivity contribution is 8.03. The Morgan fingerprint density at radius 3 is 2.72 bits per heavy atom. The van der Waals surface area contributed by atoms with Crippen molar-refractivity contribution >= 4 is 29.6 Å². The van der Waals surface area contributed by atoms with Crippen LogP contribution in [0.25, 0.3) is 0 Å². The summed E-state index contributed by atoms with van der Waals surface area (Å²) in [5.41, 5.74) is 10.9. The first-order valence-corrected chi connectivity index (χ1v) is 9.19. The van der Waals surface area contributed by atoms with Gasteiger partial charge in [0.2, 0.25) is 5.91 Å². The van der Waals surface area contributed by atoms with Gasteiger partial charge < -0.3 is 31.9 Å². The van der Waals surface area contributed by atoms with Crippen molar-refractivity contribution in [1.82, 2.24) is 10.2 Å². The molecule has 0 unspecified atom stereocenters. The molecule has 0 aromatic carbocycles. The maximum atomic E-state index is 12.4. The molecular formula is C15H25N5O4S. The van der Waals surface area contributed by atoms with E-state index in [0.29, 0.717) is 36.6 Å². The normalized spacial score (nSPS) is 26.3. The number of carbonyl (C=O) groups excluding carboxylic acids is 1. The first kappa shape index (κ1) is 19.5. The molecule has 0 bridgehead atoms. The van der Waals surface area contributed by atoms with E-state index in [1.54, 1.807) is 6.92 Å². The molecule has 25 heavy (non-hydrogen) atoms. The number of rotatable bonds is 9. The number of nitrogens with zero attached hydrogens (tertiary/aromatic N) is 1. The molecule has 0 spiro atoms. The summed E-state index contributed by atoms with van der Waals surface area (Å²) in [6, 6.07) is -0.326. The van der Waals surface area contributed by atoms with Gasteiger partial charge in [-0.3, -0.25) is 10.2 Å². The number of nitrogens with one attached hydrogen (secondary N) is 2. The lowest BCUT2D eigenvalue weighted by Gasteiger charge is -2.47. The Kier molecular flexibility index (Phi) is 6.31. The van der Waals surface area contributed by atoms with Crippen LogP contribution in [0.2, 0.25) is 0 Å². The fourth-order valence-electron chi connectivity index (χ4n) is 3.53. The SMILES string of the molecule is C[C@@H](O)[C@H]1C(=O)N2C(C(=O)O)=C(SCCNC(=N)N)[C@H](CCCN)[C@H]12. The number of aliphatic carboxylic acids is 1. The highest BCUT2D eigenvalue weighted by atomic mass is 32.2. The van der Waals surface area contributed by atoms with Crippen molar-refractivity contribution < 1.29 is 19.8 Å². The zero-order chi connectivity index (χ0) is 18.7. The van der Waals surface area contributed by atoms with E-state index in [4.69, 9.17) is 16.9 Å². The Morgan fingerprint density at radius 1 is 1.52 bits per heavy atom. The summed E-state index contributed by atoms with van der Waals surface area (Å²) in [5.74, 6) is -1.83. The van der Waals surface area contributed by atoms with Gasteiger partial charge in [-0.1, -0.05) is 0 Å². The van der Waals surface area contributed by atoms with E-state index in [1.807, 2.05) is 0 Å². The number of hydrogen-bond donors (Lipinski definition) is 6. The van der Waals surface area contributed by atoms with Gasteiger partial charge in [-0.05, 0) is 26.3 Å². The van der Waals surface area contributed by atoms with Crippen molar-refractivity contribution in [3.05, 3.63) is 10.6 Å². The minimum absolute atomic E-state index is 0.0155. The molecule has 0 radical (unpaired) electrons. The number of fused-ring (bicyclic) bond motifs is 1. The molecule has 0 aromatic heterocycles. The Labute approximate surface area is 150 Å². The summed E-state index contributed by atoms with van der Waals surface area (Å²) in [7, 11) is 0. The van der Waals surface area contributed by atoms with Crippen molar-refractivity contribution in [2.75, 3.05) is 18.8 Å². The number of nitrogens with two attached hydrogens (primary N) is 2. The molecule has 8 N–H and O–H groups in total. The largest absolute Gasteiger partial charge is 0.477 e. The summed E-state index contributed by atoms with van der Waals surface area (Å²) < 4.78 is 0. The van der Waals surface area contributed by atoms with E-state index < -0.39 is 18.0 Å². The molecule has 9 nitrogen and oxygen atoms in total. The van der Waals surface area contributed by atoms with Crippen molar-refractivity contribution in [1.29, 1.82) is 5.41 Å². The van der Waals surface area contributed by atoms with Gasteiger partial charge in [0.1, 0.15) is 5.70 Å². The molecule has 1 saturated heterocycles. The van der Waals surface area contributed by atoms with Crippen molar-refractivity contribution in [2.45, 2.75) is 31.9 Å². The van der Waals surface area contributed by atoms with Crippen LogP contribution in [-0.2, 0) is 9.59 Å². The van der Waals surface area contributed by atoms with Gasteiger partial charge >= 0.3 is 5.97 Å². The van der Waals surface area contributed by atoms with E-state index in [1.165, 1.54) is 16.7 Å². The van der Waals surface area contributed by atoms with Crippen LogP contribution in [0.15, 0.2) is 10.6 Å². The number of guanidine groups is 1. The Bertz CT molecular complexity index is 594. The third-order valence-corrected chi connectivity index (χ3v) is 5.74. The lowest BCUT2D eigenvalue weighted by molar-refractivity contribution is -0.163. The minimum atomic E-state index is -1.14. The van der Waals surface area contributed by atoms with Crippen LogP contribution in [-0.4, -0.2) is 63.9 Å². The molecule has 0 aromatic rings. The number of amides is 1. The van der Waals surface area contributed by atoms with Crippen LogP contribution in [0.4, 0.5) is 0 Å². The number of thioether (sulfide) groups is 1. The van der Waals surface area contributed by atoms with E-state index in [9.17, 15) is 19.8 Å². The van der Waals surface area contributed by atoms with E-state index in [2.05, 4.69) is 5.32 Å². The molecule has 2 aliphatic heterocycles. The van der Waals surface area contributed by atoms with Gasteiger partial charge in [-0.15, -0.1) is 11.8 Å². The highest BCUT2D eigenvalue weighted by Crippen LogP contribution is 2.52. The third-order valence-electron chi connectivity index (χ3n) is 4.53. The molecule has 0 aliphatic carbocycles. The Balaban J connectivity index is 2.24. The van der Waals surface area contributed by atoms with E-state index in [0.717, 1.165) is 0 Å². The second-order valence-corrected chi connectivity index (χ2v) is 7.35. The molecule has 1 amide bonds. The van der Waals surface area contributed by atoms with Gasteiger partial charge in [0.05, 0.1) is 18.1 Å². The smallest absolute Gasteiger partial charge is 0.353 e. The fraction of sp³-hybridized carbons (Fsp3) is 0.667. The first-order valence-electron chi connectivity index (χ1n) is 8.20. The number of carboxylic acid groups (broad SMARTS) is 1. The first-order chi connectivity index (χ1) is 11.8. The molecule has 4 atom stereocenters. The number of aliphatic hydroxyl groups excluding tert-OH is 1. The van der Waals surface area contributed by atoms with E-state index >= 15 is 0 Å². The zero-order valence-electron chi connectivity index (χ0n) is 14.1. The number of carboxylic acids is 1. The molecule has 140 valence electrons. The zero-order valence-corrected chi connectivity index (χ0v) is 14.9. The molecule has 10 heteroatoms. The fourth-order valence-corrected chi connectivity index (χ4v) is 4.75. The lowest BCUT2D eigenvalue weighted by atomic mass is 9.77. The lowest BCUT2D eigenvalue weighted by Crippen LogP contribution is -2.63. The van der Waals surface area contributed by atoms with Crippen molar-refractivity contribution in [3.63, 3.8) is 0 Å². The molecule has 2 aliphatic rings. The predicted molar refractivity (Wildman–Crippen MR) is 94.6 cm³/mol. The summed E-state index contributed by atoms with van der Waals surface area (Å²) in [6.45, 7) is 2.45. The summed E-state index contributed by atoms with van der Waals surface area (Å²) in [5, 5.41) is 29.4. The highest BCUT2D eigenvalue weighted by Gasteiger charge is 2.60. The monoisotopic (exact) mass is 371 g/mol. The molecule has 0 saturated carbocycles.